The summed E-state index contributed by atoms with van der Waals surface area (Å²) in [6.07, 6.45) is 2.19. The van der Waals surface area contributed by atoms with Crippen LogP contribution in [0.4, 0.5) is 0 Å². The van der Waals surface area contributed by atoms with E-state index in [9.17, 15) is 0 Å². The van der Waals surface area contributed by atoms with Gasteiger partial charge in [0, 0.05) is 29.8 Å². The highest BCUT2D eigenvalue weighted by atomic mass is 79.9. The van der Waals surface area contributed by atoms with Crippen molar-refractivity contribution < 1.29 is 9.47 Å². The maximum absolute atomic E-state index is 5.65. The van der Waals surface area contributed by atoms with E-state index in [2.05, 4.69) is 28.1 Å². The lowest BCUT2D eigenvalue weighted by atomic mass is 10.0. The predicted molar refractivity (Wildman–Crippen MR) is 60.9 cm³/mol. The van der Waals surface area contributed by atoms with Crippen molar-refractivity contribution in [1.82, 2.24) is 0 Å². The predicted octanol–water partition coefficient (Wildman–Crippen LogP) is 2.85. The molecule has 3 heteroatoms. The van der Waals surface area contributed by atoms with Gasteiger partial charge in [-0.1, -0.05) is 6.07 Å². The Kier molecular flexibility index (Phi) is 3.87. The number of halogens is 1. The summed E-state index contributed by atoms with van der Waals surface area (Å²) in [5.74, 6) is 1.38. The second kappa shape index (κ2) is 5.39. The van der Waals surface area contributed by atoms with Crippen LogP contribution in [0.5, 0.6) is 5.75 Å². The first kappa shape index (κ1) is 10.8. The molecule has 0 atom stereocenters. The van der Waals surface area contributed by atoms with Crippen LogP contribution in [-0.2, 0) is 4.74 Å². The first-order valence-corrected chi connectivity index (χ1v) is 5.93. The standard InChI is InChI=1S/C12H13BrO2/c13-11-2-1-3-12(8-11)15-9-10-4-6-14-7-5-10/h2,8,10H,4-7,9H2. The summed E-state index contributed by atoms with van der Waals surface area (Å²) in [5, 5.41) is 0. The molecule has 15 heavy (non-hydrogen) atoms. The van der Waals surface area contributed by atoms with Crippen molar-refractivity contribution in [3.63, 3.8) is 0 Å². The van der Waals surface area contributed by atoms with Gasteiger partial charge in [0.1, 0.15) is 0 Å². The molecule has 0 saturated carbocycles. The van der Waals surface area contributed by atoms with Crippen molar-refractivity contribution >= 4 is 15.9 Å². The van der Waals surface area contributed by atoms with Crippen LogP contribution in [0.3, 0.4) is 0 Å². The third-order valence-electron chi connectivity index (χ3n) is 2.49. The molecule has 1 aromatic carbocycles. The van der Waals surface area contributed by atoms with Gasteiger partial charge in [-0.2, -0.15) is 0 Å². The molecule has 0 N–H and O–H groups in total. The smallest absolute Gasteiger partial charge is 0.171 e. The zero-order valence-electron chi connectivity index (χ0n) is 8.46. The minimum Gasteiger partial charge on any atom is -0.485 e. The fourth-order valence-corrected chi connectivity index (χ4v) is 1.90. The molecule has 1 saturated heterocycles. The summed E-state index contributed by atoms with van der Waals surface area (Å²) in [7, 11) is 0. The van der Waals surface area contributed by atoms with Crippen molar-refractivity contribution in [3.05, 3.63) is 28.7 Å². The topological polar surface area (TPSA) is 18.5 Å². The Morgan fingerprint density at radius 3 is 3.00 bits per heavy atom. The van der Waals surface area contributed by atoms with Gasteiger partial charge in [0.2, 0.25) is 0 Å². The molecule has 2 nitrogen and oxygen atoms in total. The number of hydrogen-bond acceptors (Lipinski definition) is 2. The Balaban J connectivity index is 1.81. The van der Waals surface area contributed by atoms with E-state index in [4.69, 9.17) is 9.47 Å². The minimum atomic E-state index is 0.617. The van der Waals surface area contributed by atoms with Crippen molar-refractivity contribution in [3.8, 4) is 5.75 Å². The van der Waals surface area contributed by atoms with E-state index in [0.29, 0.717) is 5.92 Å². The zero-order valence-corrected chi connectivity index (χ0v) is 10.0. The number of ether oxygens (including phenoxy) is 2. The lowest BCUT2D eigenvalue weighted by molar-refractivity contribution is 0.0497. The maximum atomic E-state index is 5.65. The van der Waals surface area contributed by atoms with Crippen LogP contribution in [-0.4, -0.2) is 19.8 Å². The Labute approximate surface area is 98.7 Å². The summed E-state index contributed by atoms with van der Waals surface area (Å²) in [4.78, 5) is 0. The Morgan fingerprint density at radius 2 is 2.27 bits per heavy atom. The molecular weight excluding hydrogens is 256 g/mol. The summed E-state index contributed by atoms with van der Waals surface area (Å²) in [6.45, 7) is 2.48. The highest BCUT2D eigenvalue weighted by molar-refractivity contribution is 9.10. The second-order valence-electron chi connectivity index (χ2n) is 3.67. The van der Waals surface area contributed by atoms with Crippen molar-refractivity contribution in [2.45, 2.75) is 12.8 Å². The van der Waals surface area contributed by atoms with Crippen molar-refractivity contribution in [2.75, 3.05) is 19.8 Å². The first-order valence-electron chi connectivity index (χ1n) is 5.14. The summed E-state index contributed by atoms with van der Waals surface area (Å²) < 4.78 is 11.9. The number of rotatable bonds is 3. The largest absolute Gasteiger partial charge is 0.485 e. The van der Waals surface area contributed by atoms with Gasteiger partial charge >= 0.3 is 0 Å². The summed E-state index contributed by atoms with van der Waals surface area (Å²) >= 11 is 3.38. The number of hydrogen-bond donors (Lipinski definition) is 0. The molecule has 0 aliphatic carbocycles. The molecule has 1 aromatic rings. The Morgan fingerprint density at radius 1 is 1.47 bits per heavy atom. The average Bonchev–Trinajstić information content (AvgIpc) is 2.28. The molecule has 1 aliphatic heterocycles. The van der Waals surface area contributed by atoms with Gasteiger partial charge in [-0.25, -0.2) is 0 Å². The normalized spacial score (nSPS) is 17.1. The first-order chi connectivity index (χ1) is 7.34. The van der Waals surface area contributed by atoms with Gasteiger partial charge in [-0.3, -0.25) is 0 Å². The van der Waals surface area contributed by atoms with Gasteiger partial charge in [-0.15, -0.1) is 0 Å². The fraction of sp³-hybridized carbons (Fsp3) is 0.500. The minimum absolute atomic E-state index is 0.617. The Hall–Kier alpha value is -0.720. The van der Waals surface area contributed by atoms with Crippen LogP contribution in [0.2, 0.25) is 0 Å². The SMILES string of the molecule is Brc1cc#cc(OCC2CCOCC2)c1. The van der Waals surface area contributed by atoms with E-state index >= 15 is 0 Å². The monoisotopic (exact) mass is 268 g/mol. The van der Waals surface area contributed by atoms with Crippen LogP contribution >= 0.6 is 15.9 Å². The highest BCUT2D eigenvalue weighted by Crippen LogP contribution is 2.18. The molecule has 1 fully saturated rings. The summed E-state index contributed by atoms with van der Waals surface area (Å²) in [6, 6.07) is 9.57. The van der Waals surface area contributed by atoms with Gasteiger partial charge in [0.25, 0.3) is 0 Å². The van der Waals surface area contributed by atoms with Gasteiger partial charge in [0.05, 0.1) is 6.61 Å². The molecular formula is C12H13BrO2. The average molecular weight is 269 g/mol. The van der Waals surface area contributed by atoms with Crippen molar-refractivity contribution in [1.29, 1.82) is 0 Å². The second-order valence-corrected chi connectivity index (χ2v) is 4.59. The molecule has 0 spiro atoms. The molecule has 0 bridgehead atoms. The molecule has 2 rings (SSSR count). The molecule has 80 valence electrons. The van der Waals surface area contributed by atoms with E-state index < -0.39 is 0 Å². The van der Waals surface area contributed by atoms with Crippen molar-refractivity contribution in [2.24, 2.45) is 5.92 Å². The molecule has 0 unspecified atom stereocenters. The van der Waals surface area contributed by atoms with Crippen LogP contribution in [0.25, 0.3) is 0 Å². The lowest BCUT2D eigenvalue weighted by Gasteiger charge is -2.21. The van der Waals surface area contributed by atoms with Gasteiger partial charge in [0.15, 0.2) is 5.75 Å². The third-order valence-corrected chi connectivity index (χ3v) is 2.95. The molecule has 1 aliphatic rings. The third kappa shape index (κ3) is 3.40. The maximum Gasteiger partial charge on any atom is 0.171 e. The van der Waals surface area contributed by atoms with E-state index in [-0.39, 0.29) is 0 Å². The van der Waals surface area contributed by atoms with E-state index in [1.165, 1.54) is 0 Å². The van der Waals surface area contributed by atoms with E-state index in [0.717, 1.165) is 42.9 Å². The molecule has 0 aromatic heterocycles. The Bertz CT molecular complexity index is 308. The fourth-order valence-electron chi connectivity index (χ4n) is 1.58. The zero-order chi connectivity index (χ0) is 10.5. The van der Waals surface area contributed by atoms with E-state index in [1.54, 1.807) is 0 Å². The summed E-state index contributed by atoms with van der Waals surface area (Å²) in [5.41, 5.74) is 0. The van der Waals surface area contributed by atoms with Crippen LogP contribution in [0.1, 0.15) is 12.8 Å². The lowest BCUT2D eigenvalue weighted by Crippen LogP contribution is -2.21. The molecule has 1 heterocycles. The molecule has 0 amide bonds. The van der Waals surface area contributed by atoms with Crippen LogP contribution < -0.4 is 4.74 Å². The van der Waals surface area contributed by atoms with Gasteiger partial charge < -0.3 is 9.47 Å². The quantitative estimate of drug-likeness (QED) is 0.840. The van der Waals surface area contributed by atoms with Crippen LogP contribution in [0, 0.1) is 18.1 Å². The van der Waals surface area contributed by atoms with Gasteiger partial charge in [-0.05, 0) is 40.8 Å². The molecule has 0 radical (unpaired) electrons. The van der Waals surface area contributed by atoms with E-state index in [1.807, 2.05) is 12.1 Å². The van der Waals surface area contributed by atoms with Crippen LogP contribution in [0.15, 0.2) is 16.6 Å². The highest BCUT2D eigenvalue weighted by Gasteiger charge is 2.14.